The van der Waals surface area contributed by atoms with Crippen LogP contribution in [0.2, 0.25) is 0 Å². The van der Waals surface area contributed by atoms with Gasteiger partial charge in [-0.15, -0.1) is 0 Å². The number of hydrogen-bond donors (Lipinski definition) is 3. The summed E-state index contributed by atoms with van der Waals surface area (Å²) in [5, 5.41) is 21.3. The summed E-state index contributed by atoms with van der Waals surface area (Å²) in [6.07, 6.45) is 3.16. The van der Waals surface area contributed by atoms with E-state index in [0.29, 0.717) is 13.2 Å². The lowest BCUT2D eigenvalue weighted by Crippen LogP contribution is -2.33. The number of likely N-dealkylation sites (tertiary alicyclic amines) is 1. The van der Waals surface area contributed by atoms with Gasteiger partial charge < -0.3 is 20.3 Å². The maximum absolute atomic E-state index is 9.40. The first kappa shape index (κ1) is 16.1. The molecule has 1 aromatic carbocycles. The molecule has 118 valence electrons. The molecule has 21 heavy (non-hydrogen) atoms. The molecule has 1 saturated heterocycles. The van der Waals surface area contributed by atoms with Crippen LogP contribution in [0, 0.1) is 0 Å². The lowest BCUT2D eigenvalue weighted by Gasteiger charge is -2.26. The Kier molecular flexibility index (Phi) is 6.79. The smallest absolute Gasteiger partial charge is 0.142 e. The second kappa shape index (κ2) is 8.87. The number of benzene rings is 1. The normalized spacial score (nSPS) is 17.4. The van der Waals surface area contributed by atoms with Gasteiger partial charge in [0.1, 0.15) is 12.4 Å². The molecule has 0 radical (unpaired) electrons. The van der Waals surface area contributed by atoms with Gasteiger partial charge in [-0.05, 0) is 38.1 Å². The second-order valence-corrected chi connectivity index (χ2v) is 5.46. The van der Waals surface area contributed by atoms with Crippen LogP contribution >= 0.6 is 0 Å². The van der Waals surface area contributed by atoms with Gasteiger partial charge >= 0.3 is 0 Å². The largest absolute Gasteiger partial charge is 0.490 e. The molecule has 0 bridgehead atoms. The van der Waals surface area contributed by atoms with Gasteiger partial charge in [-0.25, -0.2) is 0 Å². The molecule has 3 N–H and O–H groups in total. The van der Waals surface area contributed by atoms with Gasteiger partial charge in [0.05, 0.1) is 18.4 Å². The molecule has 1 aliphatic rings. The number of para-hydroxylation sites is 2. The van der Waals surface area contributed by atoms with E-state index in [0.717, 1.165) is 18.0 Å². The minimum atomic E-state index is -0.758. The van der Waals surface area contributed by atoms with E-state index >= 15 is 0 Å². The number of nitrogens with zero attached hydrogens (tertiary/aromatic N) is 1. The molecule has 0 aromatic heterocycles. The monoisotopic (exact) mass is 294 g/mol. The number of anilines is 1. The fraction of sp³-hybridized carbons (Fsp3) is 0.625. The summed E-state index contributed by atoms with van der Waals surface area (Å²) >= 11 is 0. The fourth-order valence-electron chi connectivity index (χ4n) is 2.50. The van der Waals surface area contributed by atoms with E-state index in [-0.39, 0.29) is 6.61 Å². The third kappa shape index (κ3) is 5.53. The molecule has 2 rings (SSSR count). The van der Waals surface area contributed by atoms with Crippen molar-refractivity contribution < 1.29 is 14.9 Å². The number of hydrogen-bond acceptors (Lipinski definition) is 5. The Morgan fingerprint density at radius 3 is 2.71 bits per heavy atom. The van der Waals surface area contributed by atoms with Crippen LogP contribution in [-0.4, -0.2) is 60.6 Å². The first-order valence-electron chi connectivity index (χ1n) is 7.76. The molecule has 0 spiro atoms. The molecular weight excluding hydrogens is 268 g/mol. The number of nitrogens with one attached hydrogen (secondary N) is 1. The number of aliphatic hydroxyl groups excluding tert-OH is 2. The highest BCUT2D eigenvalue weighted by Gasteiger charge is 2.10. The van der Waals surface area contributed by atoms with Crippen LogP contribution < -0.4 is 10.1 Å². The standard InChI is InChI=1S/C16H26N2O3/c19-13-14(20)12-17-15-6-2-3-7-16(15)21-11-10-18-8-4-1-5-9-18/h2-3,6-7,14,17,19-20H,1,4-5,8-13H2. The van der Waals surface area contributed by atoms with Crippen molar-refractivity contribution in [2.75, 3.05) is 44.7 Å². The zero-order valence-electron chi connectivity index (χ0n) is 12.5. The summed E-state index contributed by atoms with van der Waals surface area (Å²) in [5.74, 6) is 0.791. The van der Waals surface area contributed by atoms with Crippen LogP contribution in [0.3, 0.4) is 0 Å². The summed E-state index contributed by atoms with van der Waals surface area (Å²) < 4.78 is 5.86. The van der Waals surface area contributed by atoms with Crippen molar-refractivity contribution in [3.8, 4) is 5.75 Å². The molecule has 5 nitrogen and oxygen atoms in total. The zero-order valence-corrected chi connectivity index (χ0v) is 12.5. The molecule has 1 aromatic rings. The van der Waals surface area contributed by atoms with Crippen molar-refractivity contribution in [2.24, 2.45) is 0 Å². The fourth-order valence-corrected chi connectivity index (χ4v) is 2.50. The summed E-state index contributed by atoms with van der Waals surface area (Å²) in [6, 6.07) is 7.69. The average Bonchev–Trinajstić information content (AvgIpc) is 2.54. The van der Waals surface area contributed by atoms with Crippen molar-refractivity contribution in [1.82, 2.24) is 4.90 Å². The van der Waals surface area contributed by atoms with Crippen molar-refractivity contribution in [3.05, 3.63) is 24.3 Å². The van der Waals surface area contributed by atoms with Crippen LogP contribution in [0.1, 0.15) is 19.3 Å². The second-order valence-electron chi connectivity index (χ2n) is 5.46. The van der Waals surface area contributed by atoms with E-state index in [9.17, 15) is 5.11 Å². The van der Waals surface area contributed by atoms with Crippen molar-refractivity contribution in [3.63, 3.8) is 0 Å². The van der Waals surface area contributed by atoms with Gasteiger partial charge in [-0.3, -0.25) is 4.90 Å². The van der Waals surface area contributed by atoms with E-state index < -0.39 is 6.10 Å². The van der Waals surface area contributed by atoms with Gasteiger partial charge in [0.2, 0.25) is 0 Å². The van der Waals surface area contributed by atoms with E-state index in [4.69, 9.17) is 9.84 Å². The van der Waals surface area contributed by atoms with Crippen LogP contribution in [0.15, 0.2) is 24.3 Å². The number of ether oxygens (including phenoxy) is 1. The molecule has 1 heterocycles. The van der Waals surface area contributed by atoms with Gasteiger partial charge in [0.15, 0.2) is 0 Å². The van der Waals surface area contributed by atoms with Gasteiger partial charge in [0, 0.05) is 13.1 Å². The number of piperidine rings is 1. The molecule has 0 amide bonds. The van der Waals surface area contributed by atoms with E-state index in [1.54, 1.807) is 0 Å². The Morgan fingerprint density at radius 1 is 1.19 bits per heavy atom. The third-order valence-electron chi connectivity index (χ3n) is 3.74. The lowest BCUT2D eigenvalue weighted by atomic mass is 10.1. The van der Waals surface area contributed by atoms with Gasteiger partial charge in [0.25, 0.3) is 0 Å². The lowest BCUT2D eigenvalue weighted by molar-refractivity contribution is 0.105. The molecular formula is C16H26N2O3. The first-order chi connectivity index (χ1) is 10.3. The van der Waals surface area contributed by atoms with E-state index in [2.05, 4.69) is 10.2 Å². The maximum Gasteiger partial charge on any atom is 0.142 e. The third-order valence-corrected chi connectivity index (χ3v) is 3.74. The predicted molar refractivity (Wildman–Crippen MR) is 83.8 cm³/mol. The first-order valence-corrected chi connectivity index (χ1v) is 7.76. The minimum Gasteiger partial charge on any atom is -0.490 e. The topological polar surface area (TPSA) is 65.0 Å². The quantitative estimate of drug-likeness (QED) is 0.675. The average molecular weight is 294 g/mol. The summed E-state index contributed by atoms with van der Waals surface area (Å²) in [5.41, 5.74) is 0.851. The Bertz CT molecular complexity index is 408. The molecule has 1 unspecified atom stereocenters. The number of aliphatic hydroxyl groups is 2. The summed E-state index contributed by atoms with van der Waals surface area (Å²) in [4.78, 5) is 2.44. The van der Waals surface area contributed by atoms with Crippen LogP contribution in [0.5, 0.6) is 5.75 Å². The minimum absolute atomic E-state index is 0.245. The van der Waals surface area contributed by atoms with Crippen LogP contribution in [0.25, 0.3) is 0 Å². The Balaban J connectivity index is 1.78. The van der Waals surface area contributed by atoms with E-state index in [1.165, 1.54) is 32.4 Å². The Morgan fingerprint density at radius 2 is 1.95 bits per heavy atom. The highest BCUT2D eigenvalue weighted by molar-refractivity contribution is 5.56. The molecule has 0 saturated carbocycles. The molecule has 1 fully saturated rings. The molecule has 0 aliphatic carbocycles. The van der Waals surface area contributed by atoms with Crippen LogP contribution in [-0.2, 0) is 0 Å². The predicted octanol–water partition coefficient (Wildman–Crippen LogP) is 1.32. The van der Waals surface area contributed by atoms with Crippen molar-refractivity contribution >= 4 is 5.69 Å². The molecule has 1 aliphatic heterocycles. The van der Waals surface area contributed by atoms with Gasteiger partial charge in [-0.1, -0.05) is 18.6 Å². The van der Waals surface area contributed by atoms with Crippen molar-refractivity contribution in [2.45, 2.75) is 25.4 Å². The highest BCUT2D eigenvalue weighted by atomic mass is 16.5. The van der Waals surface area contributed by atoms with Crippen molar-refractivity contribution in [1.29, 1.82) is 0 Å². The summed E-state index contributed by atoms with van der Waals surface area (Å²) in [7, 11) is 0. The molecule has 5 heteroatoms. The molecule has 1 atom stereocenters. The maximum atomic E-state index is 9.40. The van der Waals surface area contributed by atoms with Gasteiger partial charge in [-0.2, -0.15) is 0 Å². The number of rotatable bonds is 8. The summed E-state index contributed by atoms with van der Waals surface area (Å²) in [6.45, 7) is 4.03. The Hall–Kier alpha value is -1.30. The highest BCUT2D eigenvalue weighted by Crippen LogP contribution is 2.23. The zero-order chi connectivity index (χ0) is 14.9. The van der Waals surface area contributed by atoms with Crippen LogP contribution in [0.4, 0.5) is 5.69 Å². The Labute approximate surface area is 126 Å². The SMILES string of the molecule is OCC(O)CNc1ccccc1OCCN1CCCCC1. The van der Waals surface area contributed by atoms with E-state index in [1.807, 2.05) is 24.3 Å².